The van der Waals surface area contributed by atoms with Gasteiger partial charge in [0.05, 0.1) is 21.1 Å². The average molecular weight is 490 g/mol. The second-order valence-electron chi connectivity index (χ2n) is 8.35. The first-order chi connectivity index (χ1) is 16.0. The van der Waals surface area contributed by atoms with E-state index in [0.29, 0.717) is 5.56 Å². The fourth-order valence-corrected chi connectivity index (χ4v) is 5.32. The van der Waals surface area contributed by atoms with E-state index in [1.807, 2.05) is 0 Å². The fraction of sp³-hybridized carbons (Fsp3) is 0.391. The van der Waals surface area contributed by atoms with Gasteiger partial charge in [-0.25, -0.2) is 13.2 Å². The summed E-state index contributed by atoms with van der Waals surface area (Å²) in [6.07, 6.45) is 2.77. The van der Waals surface area contributed by atoms with E-state index in [0.717, 1.165) is 25.7 Å². The van der Waals surface area contributed by atoms with Gasteiger partial charge in [0.2, 0.25) is 0 Å². The maximum Gasteiger partial charge on any atom is 0.341 e. The quantitative estimate of drug-likeness (QED) is 0.327. The summed E-state index contributed by atoms with van der Waals surface area (Å²) in [5, 5.41) is 14.2. The van der Waals surface area contributed by atoms with Crippen LogP contribution >= 0.6 is 0 Å². The summed E-state index contributed by atoms with van der Waals surface area (Å²) in [5.74, 6) is -1.29. The van der Waals surface area contributed by atoms with Gasteiger partial charge in [0.1, 0.15) is 0 Å². The summed E-state index contributed by atoms with van der Waals surface area (Å²) in [6, 6.07) is 8.47. The van der Waals surface area contributed by atoms with Crippen LogP contribution in [0.3, 0.4) is 0 Å². The number of carbonyl (C=O) groups is 2. The van der Waals surface area contributed by atoms with Gasteiger partial charge in [0.15, 0.2) is 6.10 Å². The smallest absolute Gasteiger partial charge is 0.341 e. The topological polar surface area (TPSA) is 145 Å². The first-order valence-corrected chi connectivity index (χ1v) is 12.4. The number of hydrogen-bond donors (Lipinski definition) is 2. The fourth-order valence-electron chi connectivity index (χ4n) is 3.89. The van der Waals surface area contributed by atoms with Gasteiger partial charge in [-0.15, -0.1) is 0 Å². The molecular formula is C23H27N3O7S. The van der Waals surface area contributed by atoms with Crippen LogP contribution in [0.15, 0.2) is 41.3 Å². The number of esters is 1. The highest BCUT2D eigenvalue weighted by Crippen LogP contribution is 2.29. The van der Waals surface area contributed by atoms with Crippen LogP contribution in [0.4, 0.5) is 11.4 Å². The Labute approximate surface area is 197 Å². The second kappa shape index (κ2) is 10.2. The molecule has 1 amide bonds. The number of para-hydroxylation sites is 1. The van der Waals surface area contributed by atoms with Crippen molar-refractivity contribution in [2.75, 3.05) is 4.72 Å². The molecule has 3 rings (SSSR count). The van der Waals surface area contributed by atoms with Crippen molar-refractivity contribution in [3.05, 3.63) is 63.2 Å². The van der Waals surface area contributed by atoms with E-state index in [2.05, 4.69) is 10.0 Å². The van der Waals surface area contributed by atoms with Crippen LogP contribution in [0.1, 0.15) is 54.1 Å². The Morgan fingerprint density at radius 3 is 2.44 bits per heavy atom. The number of benzene rings is 2. The molecular weight excluding hydrogens is 462 g/mol. The Balaban J connectivity index is 1.82. The van der Waals surface area contributed by atoms with Crippen LogP contribution in [-0.4, -0.2) is 37.4 Å². The van der Waals surface area contributed by atoms with Crippen molar-refractivity contribution in [3.8, 4) is 0 Å². The largest absolute Gasteiger partial charge is 0.449 e. The van der Waals surface area contributed by atoms with Gasteiger partial charge in [0.25, 0.3) is 21.6 Å². The molecule has 1 aliphatic rings. The van der Waals surface area contributed by atoms with Crippen molar-refractivity contribution < 1.29 is 27.7 Å². The summed E-state index contributed by atoms with van der Waals surface area (Å²) < 4.78 is 33.8. The Morgan fingerprint density at radius 1 is 1.15 bits per heavy atom. The van der Waals surface area contributed by atoms with E-state index in [-0.39, 0.29) is 33.4 Å². The number of anilines is 1. The van der Waals surface area contributed by atoms with Crippen molar-refractivity contribution in [2.45, 2.75) is 63.5 Å². The lowest BCUT2D eigenvalue weighted by molar-refractivity contribution is -0.385. The van der Waals surface area contributed by atoms with Crippen LogP contribution in [0.2, 0.25) is 0 Å². The number of ether oxygens (including phenoxy) is 1. The molecule has 0 aliphatic heterocycles. The van der Waals surface area contributed by atoms with E-state index in [1.165, 1.54) is 50.2 Å². The highest BCUT2D eigenvalue weighted by Gasteiger charge is 2.28. The van der Waals surface area contributed by atoms with E-state index in [1.54, 1.807) is 6.92 Å². The highest BCUT2D eigenvalue weighted by molar-refractivity contribution is 7.92. The van der Waals surface area contributed by atoms with E-state index in [9.17, 15) is 28.1 Å². The number of nitro benzene ring substituents is 1. The molecule has 0 saturated heterocycles. The van der Waals surface area contributed by atoms with Gasteiger partial charge in [-0.3, -0.25) is 19.6 Å². The van der Waals surface area contributed by atoms with Gasteiger partial charge in [0, 0.05) is 17.7 Å². The number of nitrogens with one attached hydrogen (secondary N) is 2. The molecule has 0 heterocycles. The molecule has 0 bridgehead atoms. The Bertz CT molecular complexity index is 1220. The molecule has 1 aliphatic carbocycles. The number of carbonyl (C=O) groups excluding carboxylic acids is 2. The van der Waals surface area contributed by atoms with Crippen LogP contribution in [0, 0.1) is 24.0 Å². The lowest BCUT2D eigenvalue weighted by atomic mass is 10.1. The Morgan fingerprint density at radius 2 is 1.79 bits per heavy atom. The first kappa shape index (κ1) is 25.2. The summed E-state index contributed by atoms with van der Waals surface area (Å²) in [4.78, 5) is 35.5. The monoisotopic (exact) mass is 489 g/mol. The van der Waals surface area contributed by atoms with Gasteiger partial charge in [-0.2, -0.15) is 0 Å². The van der Waals surface area contributed by atoms with Crippen molar-refractivity contribution in [3.63, 3.8) is 0 Å². The SMILES string of the molecule is Cc1cc([N+](=O)[O-])c(C)c(S(=O)(=O)Nc2ccccc2C(=O)OC(C)C(=O)NC2CCCC2)c1. The number of aryl methyl sites for hydroxylation is 1. The third-order valence-electron chi connectivity index (χ3n) is 5.71. The predicted octanol–water partition coefficient (Wildman–Crippen LogP) is 3.62. The van der Waals surface area contributed by atoms with Gasteiger partial charge in [-0.1, -0.05) is 25.0 Å². The van der Waals surface area contributed by atoms with Crippen LogP contribution in [0.25, 0.3) is 0 Å². The molecule has 1 fully saturated rings. The molecule has 11 heteroatoms. The summed E-state index contributed by atoms with van der Waals surface area (Å²) >= 11 is 0. The third-order valence-corrected chi connectivity index (χ3v) is 7.20. The molecule has 2 N–H and O–H groups in total. The molecule has 10 nitrogen and oxygen atoms in total. The maximum atomic E-state index is 13.1. The zero-order chi connectivity index (χ0) is 25.0. The standard InChI is InChI=1S/C23H27N3O7S/c1-14-12-20(26(29)30)15(2)21(13-14)34(31,32)25-19-11-7-6-10-18(19)23(28)33-16(3)22(27)24-17-8-4-5-9-17/h6-7,10-13,16-17,25H,4-5,8-9H2,1-3H3,(H,24,27). The van der Waals surface area contributed by atoms with Crippen molar-refractivity contribution >= 4 is 33.3 Å². The molecule has 182 valence electrons. The number of hydrogen-bond acceptors (Lipinski definition) is 7. The van der Waals surface area contributed by atoms with Crippen molar-refractivity contribution in [2.24, 2.45) is 0 Å². The Kier molecular flexibility index (Phi) is 7.55. The average Bonchev–Trinajstić information content (AvgIpc) is 3.27. The third kappa shape index (κ3) is 5.71. The summed E-state index contributed by atoms with van der Waals surface area (Å²) in [7, 11) is -4.28. The maximum absolute atomic E-state index is 13.1. The summed E-state index contributed by atoms with van der Waals surface area (Å²) in [5.41, 5.74) is -0.117. The lowest BCUT2D eigenvalue weighted by Crippen LogP contribution is -2.40. The number of nitrogens with zero attached hydrogens (tertiary/aromatic N) is 1. The minimum absolute atomic E-state index is 0.0274. The highest BCUT2D eigenvalue weighted by atomic mass is 32.2. The molecule has 1 unspecified atom stereocenters. The van der Waals surface area contributed by atoms with Crippen molar-refractivity contribution in [1.29, 1.82) is 0 Å². The minimum Gasteiger partial charge on any atom is -0.449 e. The molecule has 1 atom stereocenters. The number of nitro groups is 1. The van der Waals surface area contributed by atoms with Gasteiger partial charge in [-0.05, 0) is 57.4 Å². The molecule has 2 aromatic carbocycles. The van der Waals surface area contributed by atoms with Crippen LogP contribution in [0.5, 0.6) is 0 Å². The molecule has 2 aromatic rings. The summed E-state index contributed by atoms with van der Waals surface area (Å²) in [6.45, 7) is 4.34. The zero-order valence-corrected chi connectivity index (χ0v) is 20.0. The van der Waals surface area contributed by atoms with Gasteiger partial charge < -0.3 is 10.1 Å². The molecule has 0 radical (unpaired) electrons. The van der Waals surface area contributed by atoms with Gasteiger partial charge >= 0.3 is 5.97 Å². The minimum atomic E-state index is -4.28. The zero-order valence-electron chi connectivity index (χ0n) is 19.2. The number of amides is 1. The molecule has 0 spiro atoms. The first-order valence-electron chi connectivity index (χ1n) is 10.9. The van der Waals surface area contributed by atoms with Crippen LogP contribution < -0.4 is 10.0 Å². The molecule has 0 aromatic heterocycles. The second-order valence-corrected chi connectivity index (χ2v) is 10.0. The van der Waals surface area contributed by atoms with Crippen molar-refractivity contribution in [1.82, 2.24) is 5.32 Å². The van der Waals surface area contributed by atoms with Crippen LogP contribution in [-0.2, 0) is 19.6 Å². The molecule has 34 heavy (non-hydrogen) atoms. The predicted molar refractivity (Wildman–Crippen MR) is 125 cm³/mol. The lowest BCUT2D eigenvalue weighted by Gasteiger charge is -2.18. The number of rotatable bonds is 8. The molecule has 1 saturated carbocycles. The normalized spacial score (nSPS) is 14.9. The van der Waals surface area contributed by atoms with E-state index >= 15 is 0 Å². The number of sulfonamides is 1. The van der Waals surface area contributed by atoms with E-state index < -0.39 is 32.9 Å². The van der Waals surface area contributed by atoms with E-state index in [4.69, 9.17) is 4.74 Å². The Hall–Kier alpha value is -3.47.